The van der Waals surface area contributed by atoms with Crippen molar-refractivity contribution in [2.45, 2.75) is 25.9 Å². The zero-order valence-electron chi connectivity index (χ0n) is 16.1. The normalized spacial score (nSPS) is 25.4. The van der Waals surface area contributed by atoms with Gasteiger partial charge in [0.25, 0.3) is 5.91 Å². The third-order valence-electron chi connectivity index (χ3n) is 5.86. The molecule has 0 aliphatic carbocycles. The molecule has 2 aromatic rings. The maximum absolute atomic E-state index is 13.0. The minimum Gasteiger partial charge on any atom is -0.322 e. The zero-order valence-corrected chi connectivity index (χ0v) is 16.8. The van der Waals surface area contributed by atoms with Crippen LogP contribution in [0.4, 0.5) is 5.69 Å². The summed E-state index contributed by atoms with van der Waals surface area (Å²) < 4.78 is 0. The van der Waals surface area contributed by atoms with Gasteiger partial charge in [0.2, 0.25) is 5.91 Å². The molecular formula is C22H26ClN3O2+2. The molecule has 2 aromatic carbocycles. The summed E-state index contributed by atoms with van der Waals surface area (Å²) in [6.07, 6.45) is 0.296. The predicted octanol–water partition coefficient (Wildman–Crippen LogP) is 0.264. The summed E-state index contributed by atoms with van der Waals surface area (Å²) in [4.78, 5) is 29.6. The standard InChI is InChI=1S/C22H24ClN3O2/c1-16-3-2-4-17(13-16)15-24-9-11-25(12-10-24)20-14-21(27)26(22(20)28)19-7-5-18(23)6-8-19/h2-8,13,20H,9-12,14-15H2,1H3/p+2/t20-/m1/s1. The van der Waals surface area contributed by atoms with Gasteiger partial charge in [-0.2, -0.15) is 0 Å². The SMILES string of the molecule is Cc1cccc(C[NH+]2CC[NH+]([C@@H]3CC(=O)N(c4ccc(Cl)cc4)C3=O)CC2)c1. The summed E-state index contributed by atoms with van der Waals surface area (Å²) in [7, 11) is 0. The third-order valence-corrected chi connectivity index (χ3v) is 6.11. The van der Waals surface area contributed by atoms with Crippen LogP contribution in [0, 0.1) is 6.92 Å². The molecule has 4 rings (SSSR count). The van der Waals surface area contributed by atoms with E-state index in [2.05, 4.69) is 31.2 Å². The number of anilines is 1. The highest BCUT2D eigenvalue weighted by Gasteiger charge is 2.46. The van der Waals surface area contributed by atoms with E-state index in [9.17, 15) is 9.59 Å². The van der Waals surface area contributed by atoms with Crippen molar-refractivity contribution in [2.24, 2.45) is 0 Å². The van der Waals surface area contributed by atoms with Crippen LogP contribution in [-0.4, -0.2) is 44.0 Å². The fourth-order valence-electron chi connectivity index (χ4n) is 4.37. The fraction of sp³-hybridized carbons (Fsp3) is 0.364. The minimum atomic E-state index is -0.260. The van der Waals surface area contributed by atoms with Crippen LogP contribution < -0.4 is 14.7 Å². The molecule has 0 spiro atoms. The van der Waals surface area contributed by atoms with Crippen molar-refractivity contribution in [2.75, 3.05) is 31.1 Å². The first-order valence-corrected chi connectivity index (χ1v) is 10.2. The Kier molecular flexibility index (Phi) is 5.49. The summed E-state index contributed by atoms with van der Waals surface area (Å²) in [6.45, 7) is 7.00. The molecule has 1 atom stereocenters. The predicted molar refractivity (Wildman–Crippen MR) is 109 cm³/mol. The number of quaternary nitrogens is 2. The topological polar surface area (TPSA) is 46.3 Å². The number of nitrogens with one attached hydrogen (secondary N) is 2. The number of imide groups is 1. The molecule has 2 saturated heterocycles. The largest absolute Gasteiger partial charge is 0.322 e. The summed E-state index contributed by atoms with van der Waals surface area (Å²) in [5, 5.41) is 0.595. The minimum absolute atomic E-state index is 0.0792. The van der Waals surface area contributed by atoms with Gasteiger partial charge in [0.05, 0.1) is 12.1 Å². The molecule has 0 saturated carbocycles. The van der Waals surface area contributed by atoms with Gasteiger partial charge in [-0.25, -0.2) is 4.90 Å². The molecule has 2 fully saturated rings. The molecule has 5 nitrogen and oxygen atoms in total. The lowest BCUT2D eigenvalue weighted by atomic mass is 10.1. The zero-order chi connectivity index (χ0) is 19.7. The van der Waals surface area contributed by atoms with Crippen molar-refractivity contribution in [1.82, 2.24) is 0 Å². The van der Waals surface area contributed by atoms with Gasteiger partial charge in [-0.1, -0.05) is 41.4 Å². The van der Waals surface area contributed by atoms with E-state index in [4.69, 9.17) is 11.6 Å². The molecule has 28 heavy (non-hydrogen) atoms. The number of hydrogen-bond donors (Lipinski definition) is 2. The van der Waals surface area contributed by atoms with E-state index < -0.39 is 0 Å². The Morgan fingerprint density at radius 3 is 2.43 bits per heavy atom. The van der Waals surface area contributed by atoms with Gasteiger partial charge in [0, 0.05) is 10.6 Å². The van der Waals surface area contributed by atoms with Crippen molar-refractivity contribution in [3.63, 3.8) is 0 Å². The first kappa shape index (κ1) is 19.1. The molecule has 0 bridgehead atoms. The lowest BCUT2D eigenvalue weighted by Crippen LogP contribution is -3.29. The van der Waals surface area contributed by atoms with E-state index in [1.165, 1.54) is 20.9 Å². The maximum Gasteiger partial charge on any atom is 0.292 e. The van der Waals surface area contributed by atoms with E-state index in [0.29, 0.717) is 17.1 Å². The number of benzene rings is 2. The Labute approximate surface area is 170 Å². The van der Waals surface area contributed by atoms with Gasteiger partial charge >= 0.3 is 0 Å². The van der Waals surface area contributed by atoms with Crippen LogP contribution in [0.5, 0.6) is 0 Å². The van der Waals surface area contributed by atoms with Crippen molar-refractivity contribution in [3.05, 3.63) is 64.7 Å². The molecule has 2 amide bonds. The second-order valence-electron chi connectivity index (χ2n) is 7.87. The van der Waals surface area contributed by atoms with Crippen molar-refractivity contribution >= 4 is 29.1 Å². The van der Waals surface area contributed by atoms with E-state index in [-0.39, 0.29) is 17.9 Å². The third kappa shape index (κ3) is 3.97. The summed E-state index contributed by atoms with van der Waals surface area (Å²) >= 11 is 5.93. The highest BCUT2D eigenvalue weighted by atomic mass is 35.5. The van der Waals surface area contributed by atoms with E-state index >= 15 is 0 Å². The number of hydrogen-bond acceptors (Lipinski definition) is 2. The summed E-state index contributed by atoms with van der Waals surface area (Å²) in [6, 6.07) is 15.3. The van der Waals surface area contributed by atoms with Crippen LogP contribution in [0.3, 0.4) is 0 Å². The Balaban J connectivity index is 1.37. The molecule has 2 aliphatic heterocycles. The van der Waals surface area contributed by atoms with Crippen LogP contribution in [0.25, 0.3) is 0 Å². The average molecular weight is 400 g/mol. The van der Waals surface area contributed by atoms with Crippen LogP contribution in [0.2, 0.25) is 5.02 Å². The molecule has 2 heterocycles. The smallest absolute Gasteiger partial charge is 0.292 e. The number of rotatable bonds is 4. The van der Waals surface area contributed by atoms with Crippen molar-refractivity contribution < 1.29 is 19.4 Å². The quantitative estimate of drug-likeness (QED) is 0.725. The first-order valence-electron chi connectivity index (χ1n) is 9.87. The summed E-state index contributed by atoms with van der Waals surface area (Å²) in [5.41, 5.74) is 3.27. The van der Waals surface area contributed by atoms with Gasteiger partial charge in [-0.3, -0.25) is 9.59 Å². The highest BCUT2D eigenvalue weighted by Crippen LogP contribution is 2.23. The molecule has 0 radical (unpaired) electrons. The van der Waals surface area contributed by atoms with Gasteiger partial charge in [0.15, 0.2) is 6.04 Å². The molecule has 0 unspecified atom stereocenters. The van der Waals surface area contributed by atoms with Crippen LogP contribution in [0.15, 0.2) is 48.5 Å². The molecule has 0 aromatic heterocycles. The fourth-order valence-corrected chi connectivity index (χ4v) is 4.50. The van der Waals surface area contributed by atoms with Gasteiger partial charge in [0.1, 0.15) is 32.7 Å². The Bertz CT molecular complexity index is 876. The number of piperazine rings is 1. The molecule has 6 heteroatoms. The second kappa shape index (κ2) is 8.03. The summed E-state index contributed by atoms with van der Waals surface area (Å²) in [5.74, 6) is -0.191. The number of amides is 2. The highest BCUT2D eigenvalue weighted by molar-refractivity contribution is 6.30. The monoisotopic (exact) mass is 399 g/mol. The number of carbonyl (C=O) groups excluding carboxylic acids is 2. The van der Waals surface area contributed by atoms with Crippen molar-refractivity contribution in [1.29, 1.82) is 0 Å². The van der Waals surface area contributed by atoms with E-state index in [0.717, 1.165) is 32.7 Å². The molecule has 2 aliphatic rings. The number of aryl methyl sites for hydroxylation is 1. The van der Waals surface area contributed by atoms with Gasteiger partial charge in [-0.05, 0) is 31.2 Å². The van der Waals surface area contributed by atoms with E-state index in [1.807, 2.05) is 0 Å². The van der Waals surface area contributed by atoms with Gasteiger partial charge in [-0.15, -0.1) is 0 Å². The van der Waals surface area contributed by atoms with Crippen LogP contribution >= 0.6 is 11.6 Å². The molecular weight excluding hydrogens is 374 g/mol. The van der Waals surface area contributed by atoms with Crippen molar-refractivity contribution in [3.8, 4) is 0 Å². The Morgan fingerprint density at radius 2 is 1.75 bits per heavy atom. The lowest BCUT2D eigenvalue weighted by molar-refractivity contribution is -1.02. The lowest BCUT2D eigenvalue weighted by Gasteiger charge is -2.32. The molecule has 2 N–H and O–H groups in total. The molecule has 146 valence electrons. The second-order valence-corrected chi connectivity index (χ2v) is 8.31. The van der Waals surface area contributed by atoms with Crippen LogP contribution in [-0.2, 0) is 16.1 Å². The van der Waals surface area contributed by atoms with Gasteiger partial charge < -0.3 is 9.80 Å². The maximum atomic E-state index is 13.0. The average Bonchev–Trinajstić information content (AvgIpc) is 2.98. The van der Waals surface area contributed by atoms with Crippen LogP contribution in [0.1, 0.15) is 17.5 Å². The number of nitrogens with zero attached hydrogens (tertiary/aromatic N) is 1. The number of carbonyl (C=O) groups is 2. The van der Waals surface area contributed by atoms with E-state index in [1.54, 1.807) is 29.2 Å². The Hall–Kier alpha value is -2.21. The first-order chi connectivity index (χ1) is 13.5. The number of halogens is 1. The Morgan fingerprint density at radius 1 is 1.04 bits per heavy atom.